The molecule has 0 aliphatic heterocycles. The summed E-state index contributed by atoms with van der Waals surface area (Å²) in [5, 5.41) is 9.63. The molecule has 0 saturated carbocycles. The second-order valence-electron chi connectivity index (χ2n) is 4.45. The average Bonchev–Trinajstić information content (AvgIpc) is 2.45. The van der Waals surface area contributed by atoms with Gasteiger partial charge in [-0.25, -0.2) is 0 Å². The van der Waals surface area contributed by atoms with Gasteiger partial charge in [0.25, 0.3) is 0 Å². The molecule has 0 aromatic heterocycles. The van der Waals surface area contributed by atoms with Crippen LogP contribution >= 0.6 is 0 Å². The Kier molecular flexibility index (Phi) is 7.94. The molecule has 0 heterocycles. The van der Waals surface area contributed by atoms with Crippen LogP contribution in [0.15, 0.2) is 30.3 Å². The van der Waals surface area contributed by atoms with Gasteiger partial charge in [0.2, 0.25) is 0 Å². The smallest absolute Gasteiger partial charge is 0.174 e. The number of rotatable bonds is 9. The molecule has 0 aliphatic carbocycles. The van der Waals surface area contributed by atoms with Crippen LogP contribution in [0.5, 0.6) is 5.75 Å². The van der Waals surface area contributed by atoms with E-state index in [4.69, 9.17) is 9.47 Å². The Morgan fingerprint density at radius 3 is 2.53 bits per heavy atom. The number of aliphatic hydroxyl groups excluding tert-OH is 1. The van der Waals surface area contributed by atoms with Crippen molar-refractivity contribution in [1.82, 2.24) is 0 Å². The van der Waals surface area contributed by atoms with E-state index in [1.54, 1.807) is 13.2 Å². The van der Waals surface area contributed by atoms with Crippen LogP contribution in [-0.4, -0.2) is 25.1 Å². The number of hydrogen-bond donors (Lipinski definition) is 1. The van der Waals surface area contributed by atoms with Gasteiger partial charge in [-0.3, -0.25) is 0 Å². The Balaban J connectivity index is 2.26. The van der Waals surface area contributed by atoms with Gasteiger partial charge in [0.05, 0.1) is 13.7 Å². The zero-order valence-corrected chi connectivity index (χ0v) is 11.8. The van der Waals surface area contributed by atoms with Crippen molar-refractivity contribution in [2.75, 3.05) is 13.7 Å². The lowest BCUT2D eigenvalue weighted by molar-refractivity contribution is -0.0645. The molecule has 0 aliphatic rings. The Hall–Kier alpha value is -1.32. The van der Waals surface area contributed by atoms with E-state index in [-0.39, 0.29) is 0 Å². The molecule has 1 rings (SSSR count). The third kappa shape index (κ3) is 6.99. The normalized spacial score (nSPS) is 12.8. The maximum absolute atomic E-state index is 9.63. The van der Waals surface area contributed by atoms with Crippen molar-refractivity contribution in [2.45, 2.75) is 38.9 Å². The summed E-state index contributed by atoms with van der Waals surface area (Å²) in [4.78, 5) is 0. The zero-order valence-electron chi connectivity index (χ0n) is 11.8. The second-order valence-corrected chi connectivity index (χ2v) is 4.45. The number of methoxy groups -OCH3 is 1. The highest BCUT2D eigenvalue weighted by Crippen LogP contribution is 2.12. The van der Waals surface area contributed by atoms with Crippen LogP contribution in [0.3, 0.4) is 0 Å². The minimum atomic E-state index is -0.830. The first kappa shape index (κ1) is 15.7. The monoisotopic (exact) mass is 264 g/mol. The molecule has 3 heteroatoms. The Bertz CT molecular complexity index is 357. The molecule has 0 amide bonds. The minimum Gasteiger partial charge on any atom is -0.497 e. The maximum Gasteiger partial charge on any atom is 0.174 e. The van der Waals surface area contributed by atoms with Gasteiger partial charge < -0.3 is 14.6 Å². The summed E-state index contributed by atoms with van der Waals surface area (Å²) in [5.74, 6) is 0.824. The van der Waals surface area contributed by atoms with Crippen LogP contribution in [0.1, 0.15) is 38.2 Å². The molecule has 19 heavy (non-hydrogen) atoms. The highest BCUT2D eigenvalue weighted by Gasteiger charge is 1.98. The van der Waals surface area contributed by atoms with Crippen LogP contribution in [0.25, 0.3) is 6.08 Å². The van der Waals surface area contributed by atoms with Crippen molar-refractivity contribution in [1.29, 1.82) is 0 Å². The molecule has 1 aromatic carbocycles. The Morgan fingerprint density at radius 2 is 1.89 bits per heavy atom. The summed E-state index contributed by atoms with van der Waals surface area (Å²) in [5.41, 5.74) is 1.01. The zero-order chi connectivity index (χ0) is 13.9. The molecule has 0 radical (unpaired) electrons. The highest BCUT2D eigenvalue weighted by atomic mass is 16.6. The average molecular weight is 264 g/mol. The lowest BCUT2D eigenvalue weighted by atomic mass is 10.2. The first-order valence-corrected chi connectivity index (χ1v) is 6.88. The summed E-state index contributed by atoms with van der Waals surface area (Å²) in [6.45, 7) is 2.78. The fourth-order valence-electron chi connectivity index (χ4n) is 1.70. The molecule has 0 saturated heterocycles. The highest BCUT2D eigenvalue weighted by molar-refractivity contribution is 5.50. The van der Waals surface area contributed by atoms with Gasteiger partial charge in [0.1, 0.15) is 5.75 Å². The number of hydrogen-bond acceptors (Lipinski definition) is 3. The maximum atomic E-state index is 9.63. The second kappa shape index (κ2) is 9.59. The molecule has 0 bridgehead atoms. The quantitative estimate of drug-likeness (QED) is 0.547. The molecule has 1 unspecified atom stereocenters. The number of aliphatic hydroxyl groups is 1. The predicted octanol–water partition coefficient (Wildman–Crippen LogP) is 3.62. The van der Waals surface area contributed by atoms with E-state index < -0.39 is 6.29 Å². The van der Waals surface area contributed by atoms with Crippen LogP contribution in [0, 0.1) is 0 Å². The molecule has 1 aromatic rings. The Labute approximate surface area is 115 Å². The summed E-state index contributed by atoms with van der Waals surface area (Å²) < 4.78 is 10.4. The largest absolute Gasteiger partial charge is 0.497 e. The molecule has 106 valence electrons. The van der Waals surface area contributed by atoms with Gasteiger partial charge >= 0.3 is 0 Å². The van der Waals surface area contributed by atoms with E-state index in [2.05, 4.69) is 6.92 Å². The number of benzene rings is 1. The number of ether oxygens (including phenoxy) is 2. The van der Waals surface area contributed by atoms with Crippen molar-refractivity contribution in [3.8, 4) is 5.75 Å². The Morgan fingerprint density at radius 1 is 1.16 bits per heavy atom. The standard InChI is InChI=1S/C16H24O3/c1-3-4-5-6-13-19-16(17)12-9-14-7-10-15(18-2)11-8-14/h7-12,16-17H,3-6,13H2,1-2H3/b12-9+. The van der Waals surface area contributed by atoms with Crippen LogP contribution in [0.2, 0.25) is 0 Å². The number of unbranched alkanes of at least 4 members (excludes halogenated alkanes) is 3. The van der Waals surface area contributed by atoms with E-state index in [9.17, 15) is 5.11 Å². The summed E-state index contributed by atoms with van der Waals surface area (Å²) in [6, 6.07) is 7.64. The van der Waals surface area contributed by atoms with Gasteiger partial charge in [0, 0.05) is 0 Å². The topological polar surface area (TPSA) is 38.7 Å². The summed E-state index contributed by atoms with van der Waals surface area (Å²) in [6.07, 6.45) is 7.26. The lowest BCUT2D eigenvalue weighted by Gasteiger charge is -2.07. The van der Waals surface area contributed by atoms with Crippen molar-refractivity contribution < 1.29 is 14.6 Å². The molecule has 0 fully saturated rings. The van der Waals surface area contributed by atoms with Gasteiger partial charge in [-0.05, 0) is 30.2 Å². The predicted molar refractivity (Wildman–Crippen MR) is 78.1 cm³/mol. The van der Waals surface area contributed by atoms with E-state index >= 15 is 0 Å². The van der Waals surface area contributed by atoms with E-state index in [0.29, 0.717) is 6.61 Å². The third-order valence-corrected chi connectivity index (χ3v) is 2.86. The van der Waals surface area contributed by atoms with Crippen molar-refractivity contribution >= 4 is 6.08 Å². The SMILES string of the molecule is CCCCCCOC(O)/C=C/c1ccc(OC)cc1. The summed E-state index contributed by atoms with van der Waals surface area (Å²) in [7, 11) is 1.64. The van der Waals surface area contributed by atoms with Crippen LogP contribution < -0.4 is 4.74 Å². The van der Waals surface area contributed by atoms with Gasteiger partial charge in [-0.15, -0.1) is 0 Å². The summed E-state index contributed by atoms with van der Waals surface area (Å²) >= 11 is 0. The van der Waals surface area contributed by atoms with Gasteiger partial charge in [0.15, 0.2) is 6.29 Å². The minimum absolute atomic E-state index is 0.605. The fraction of sp³-hybridized carbons (Fsp3) is 0.500. The van der Waals surface area contributed by atoms with E-state index in [1.165, 1.54) is 12.8 Å². The molecule has 1 atom stereocenters. The lowest BCUT2D eigenvalue weighted by Crippen LogP contribution is -2.09. The first-order valence-electron chi connectivity index (χ1n) is 6.88. The van der Waals surface area contributed by atoms with Gasteiger partial charge in [-0.2, -0.15) is 0 Å². The third-order valence-electron chi connectivity index (χ3n) is 2.86. The first-order chi connectivity index (χ1) is 9.26. The molecule has 0 spiro atoms. The van der Waals surface area contributed by atoms with Crippen LogP contribution in [-0.2, 0) is 4.74 Å². The van der Waals surface area contributed by atoms with Crippen molar-refractivity contribution in [3.05, 3.63) is 35.9 Å². The molecular formula is C16H24O3. The molecule has 1 N–H and O–H groups in total. The van der Waals surface area contributed by atoms with Crippen molar-refractivity contribution in [2.24, 2.45) is 0 Å². The van der Waals surface area contributed by atoms with Crippen molar-refractivity contribution in [3.63, 3.8) is 0 Å². The van der Waals surface area contributed by atoms with Gasteiger partial charge in [-0.1, -0.05) is 44.4 Å². The van der Waals surface area contributed by atoms with E-state index in [1.807, 2.05) is 30.3 Å². The van der Waals surface area contributed by atoms with Crippen LogP contribution in [0.4, 0.5) is 0 Å². The molecular weight excluding hydrogens is 240 g/mol. The molecule has 3 nitrogen and oxygen atoms in total. The van der Waals surface area contributed by atoms with E-state index in [0.717, 1.165) is 24.2 Å². The fourth-order valence-corrected chi connectivity index (χ4v) is 1.70.